The molecular weight excluding hydrogens is 128 g/mol. The van der Waals surface area contributed by atoms with E-state index in [0.29, 0.717) is 0 Å². The Morgan fingerprint density at radius 3 is 2.50 bits per heavy atom. The van der Waals surface area contributed by atoms with Crippen LogP contribution in [0.25, 0.3) is 0 Å². The first-order valence-electron chi connectivity index (χ1n) is 3.13. The van der Waals surface area contributed by atoms with Crippen molar-refractivity contribution in [1.29, 1.82) is 0 Å². The average molecular weight is 142 g/mol. The molecule has 0 amide bonds. The summed E-state index contributed by atoms with van der Waals surface area (Å²) in [6.45, 7) is 3.74. The van der Waals surface area contributed by atoms with Crippen molar-refractivity contribution in [3.05, 3.63) is 12.0 Å². The molecule has 0 aliphatic rings. The summed E-state index contributed by atoms with van der Waals surface area (Å²) in [5.74, 6) is 1.67. The van der Waals surface area contributed by atoms with Gasteiger partial charge in [-0.1, -0.05) is 0 Å². The third-order valence-electron chi connectivity index (χ3n) is 1.12. The smallest absolute Gasteiger partial charge is 0.111 e. The molecule has 0 saturated heterocycles. The van der Waals surface area contributed by atoms with E-state index in [4.69, 9.17) is 4.74 Å². The Balaban J connectivity index is 3.91. The topological polar surface area (TPSA) is 33.6 Å². The van der Waals surface area contributed by atoms with Crippen molar-refractivity contribution in [2.75, 3.05) is 14.2 Å². The second-order valence-electron chi connectivity index (χ2n) is 1.91. The minimum absolute atomic E-state index is 0.801. The van der Waals surface area contributed by atoms with Crippen molar-refractivity contribution in [2.24, 2.45) is 4.99 Å². The molecule has 0 aliphatic carbocycles. The summed E-state index contributed by atoms with van der Waals surface area (Å²) in [6.07, 6.45) is 1.67. The number of allylic oxidation sites excluding steroid dienone is 1. The molecule has 0 fully saturated rings. The maximum atomic E-state index is 4.87. The summed E-state index contributed by atoms with van der Waals surface area (Å²) >= 11 is 0. The zero-order valence-corrected chi connectivity index (χ0v) is 6.93. The molecule has 0 atom stereocenters. The van der Waals surface area contributed by atoms with Crippen molar-refractivity contribution in [2.45, 2.75) is 13.8 Å². The maximum Gasteiger partial charge on any atom is 0.111 e. The molecule has 3 heteroatoms. The van der Waals surface area contributed by atoms with E-state index in [1.54, 1.807) is 13.3 Å². The highest BCUT2D eigenvalue weighted by Gasteiger charge is 1.82. The van der Waals surface area contributed by atoms with Crippen molar-refractivity contribution < 1.29 is 4.74 Å². The predicted octanol–water partition coefficient (Wildman–Crippen LogP) is 1.13. The van der Waals surface area contributed by atoms with Gasteiger partial charge >= 0.3 is 0 Å². The Kier molecular flexibility index (Phi) is 4.37. The summed E-state index contributed by atoms with van der Waals surface area (Å²) in [6, 6.07) is 0. The Bertz CT molecular complexity index is 132. The van der Waals surface area contributed by atoms with E-state index in [-0.39, 0.29) is 0 Å². The van der Waals surface area contributed by atoms with Crippen LogP contribution < -0.4 is 5.32 Å². The largest absolute Gasteiger partial charge is 0.500 e. The molecule has 3 nitrogen and oxygen atoms in total. The normalized spacial score (nSPS) is 13.2. The predicted molar refractivity (Wildman–Crippen MR) is 42.9 cm³/mol. The molecule has 0 aromatic heterocycles. The van der Waals surface area contributed by atoms with Gasteiger partial charge in [0.1, 0.15) is 5.76 Å². The van der Waals surface area contributed by atoms with Gasteiger partial charge in [-0.05, 0) is 13.8 Å². The molecule has 58 valence electrons. The fraction of sp³-hybridized carbons (Fsp3) is 0.571. The number of amidine groups is 1. The average Bonchev–Trinajstić information content (AvgIpc) is 1.99. The first kappa shape index (κ1) is 9.01. The van der Waals surface area contributed by atoms with Crippen LogP contribution in [-0.4, -0.2) is 20.0 Å². The molecule has 10 heavy (non-hydrogen) atoms. The number of methoxy groups -OCH3 is 1. The van der Waals surface area contributed by atoms with E-state index < -0.39 is 0 Å². The highest BCUT2D eigenvalue weighted by Crippen LogP contribution is 1.91. The Hall–Kier alpha value is -0.990. The monoisotopic (exact) mass is 142 g/mol. The minimum atomic E-state index is 0.801. The minimum Gasteiger partial charge on any atom is -0.500 e. The highest BCUT2D eigenvalue weighted by atomic mass is 16.5. The van der Waals surface area contributed by atoms with Gasteiger partial charge in [0.15, 0.2) is 0 Å². The summed E-state index contributed by atoms with van der Waals surface area (Å²) in [5.41, 5.74) is 0. The van der Waals surface area contributed by atoms with Crippen LogP contribution in [0.1, 0.15) is 13.8 Å². The van der Waals surface area contributed by atoms with Gasteiger partial charge in [0.05, 0.1) is 19.1 Å². The van der Waals surface area contributed by atoms with E-state index in [9.17, 15) is 0 Å². The SMILES string of the molecule is CN/C(C)=N\C=C(/C)OC. The van der Waals surface area contributed by atoms with Gasteiger partial charge in [-0.25, -0.2) is 4.99 Å². The molecule has 0 radical (unpaired) electrons. The number of nitrogens with one attached hydrogen (secondary N) is 1. The molecule has 0 aromatic rings. The van der Waals surface area contributed by atoms with Crippen molar-refractivity contribution in [3.63, 3.8) is 0 Å². The molecule has 0 bridgehead atoms. The Morgan fingerprint density at radius 1 is 1.50 bits per heavy atom. The third-order valence-corrected chi connectivity index (χ3v) is 1.12. The first-order valence-corrected chi connectivity index (χ1v) is 3.13. The van der Waals surface area contributed by atoms with Crippen LogP contribution in [0.15, 0.2) is 17.0 Å². The number of hydrogen-bond donors (Lipinski definition) is 1. The lowest BCUT2D eigenvalue weighted by atomic mass is 10.6. The third kappa shape index (κ3) is 3.95. The molecule has 0 saturated carbocycles. The number of rotatable bonds is 2. The Morgan fingerprint density at radius 2 is 2.10 bits per heavy atom. The summed E-state index contributed by atoms with van der Waals surface area (Å²) in [7, 11) is 3.45. The first-order chi connectivity index (χ1) is 4.70. The lowest BCUT2D eigenvalue weighted by molar-refractivity contribution is 0.292. The van der Waals surface area contributed by atoms with E-state index in [2.05, 4.69) is 10.3 Å². The lowest BCUT2D eigenvalue weighted by Gasteiger charge is -1.96. The molecule has 0 rings (SSSR count). The van der Waals surface area contributed by atoms with E-state index >= 15 is 0 Å². The quantitative estimate of drug-likeness (QED) is 0.356. The van der Waals surface area contributed by atoms with Crippen LogP contribution in [0, 0.1) is 0 Å². The van der Waals surface area contributed by atoms with Crippen molar-refractivity contribution in [3.8, 4) is 0 Å². The van der Waals surface area contributed by atoms with E-state index in [1.165, 1.54) is 0 Å². The fourth-order valence-electron chi connectivity index (χ4n) is 0.305. The number of hydrogen-bond acceptors (Lipinski definition) is 2. The maximum absolute atomic E-state index is 4.87. The van der Waals surface area contributed by atoms with Gasteiger partial charge < -0.3 is 10.1 Å². The van der Waals surface area contributed by atoms with Crippen molar-refractivity contribution in [1.82, 2.24) is 5.32 Å². The second kappa shape index (κ2) is 4.85. The van der Waals surface area contributed by atoms with Crippen LogP contribution in [0.3, 0.4) is 0 Å². The molecule has 0 spiro atoms. The molecule has 0 aliphatic heterocycles. The molecule has 1 N–H and O–H groups in total. The number of ether oxygens (including phenoxy) is 1. The lowest BCUT2D eigenvalue weighted by Crippen LogP contribution is -2.12. The van der Waals surface area contributed by atoms with Crippen LogP contribution >= 0.6 is 0 Å². The van der Waals surface area contributed by atoms with Gasteiger partial charge in [-0.2, -0.15) is 0 Å². The van der Waals surface area contributed by atoms with Crippen LogP contribution in [0.4, 0.5) is 0 Å². The van der Waals surface area contributed by atoms with Crippen LogP contribution in [-0.2, 0) is 4.74 Å². The van der Waals surface area contributed by atoms with Gasteiger partial charge in [0.2, 0.25) is 0 Å². The number of aliphatic imine (C=N–C) groups is 1. The van der Waals surface area contributed by atoms with Crippen LogP contribution in [0.5, 0.6) is 0 Å². The van der Waals surface area contributed by atoms with Gasteiger partial charge in [-0.15, -0.1) is 0 Å². The van der Waals surface area contributed by atoms with Gasteiger partial charge in [0, 0.05) is 7.05 Å². The van der Waals surface area contributed by atoms with Gasteiger partial charge in [-0.3, -0.25) is 0 Å². The molecule has 0 heterocycles. The second-order valence-corrected chi connectivity index (χ2v) is 1.91. The zero-order chi connectivity index (χ0) is 7.98. The zero-order valence-electron chi connectivity index (χ0n) is 6.93. The summed E-state index contributed by atoms with van der Waals surface area (Å²) < 4.78 is 4.87. The van der Waals surface area contributed by atoms with E-state index in [1.807, 2.05) is 20.9 Å². The molecule has 0 unspecified atom stereocenters. The van der Waals surface area contributed by atoms with Crippen molar-refractivity contribution >= 4 is 5.84 Å². The highest BCUT2D eigenvalue weighted by molar-refractivity contribution is 5.79. The summed E-state index contributed by atoms with van der Waals surface area (Å²) in [5, 5.41) is 2.89. The van der Waals surface area contributed by atoms with Crippen LogP contribution in [0.2, 0.25) is 0 Å². The standard InChI is InChI=1S/C7H14N2O/c1-6(10-4)5-9-7(2)8-3/h5H,1-4H3,(H,8,9)/b6-5+. The molecular formula is C7H14N2O. The van der Waals surface area contributed by atoms with E-state index in [0.717, 1.165) is 11.6 Å². The Labute approximate surface area is 61.8 Å². The molecule has 0 aromatic carbocycles. The summed E-state index contributed by atoms with van der Waals surface area (Å²) in [4.78, 5) is 4.03. The number of nitrogens with zero attached hydrogens (tertiary/aromatic N) is 1. The fourth-order valence-corrected chi connectivity index (χ4v) is 0.305. The van der Waals surface area contributed by atoms with Gasteiger partial charge in [0.25, 0.3) is 0 Å².